The first-order valence-electron chi connectivity index (χ1n) is 23.5. The molecule has 52 heavy (non-hydrogen) atoms. The molecule has 1 fully saturated rings. The van der Waals surface area contributed by atoms with Crippen LogP contribution < -0.4 is 0 Å². The van der Waals surface area contributed by atoms with Gasteiger partial charge in [0, 0.05) is 6.61 Å². The van der Waals surface area contributed by atoms with Crippen molar-refractivity contribution in [2.75, 3.05) is 6.61 Å². The summed E-state index contributed by atoms with van der Waals surface area (Å²) in [7, 11) is 0. The van der Waals surface area contributed by atoms with Crippen molar-refractivity contribution in [3.05, 3.63) is 0 Å². The molecule has 1 aliphatic heterocycles. The first-order chi connectivity index (χ1) is 25.4. The summed E-state index contributed by atoms with van der Waals surface area (Å²) in [5, 5.41) is 45.0. The SMILES string of the molecule is CCCCCCCCCCCCCCCCCCC(O)[C@H]1O[C@H](OCCCC)[C@@](O)(CCCCCCCCCCCCCCCCCC)[C@@H](O)[C@@H]1O. The third kappa shape index (κ3) is 24.3. The zero-order valence-electron chi connectivity index (χ0n) is 35.2. The number of ether oxygens (including phenoxy) is 2. The van der Waals surface area contributed by atoms with Gasteiger partial charge in [0.05, 0.1) is 6.10 Å². The zero-order valence-corrected chi connectivity index (χ0v) is 35.2. The quantitative estimate of drug-likeness (QED) is 0.0468. The van der Waals surface area contributed by atoms with Crippen LogP contribution in [0.1, 0.15) is 252 Å². The predicted octanol–water partition coefficient (Wildman–Crippen LogP) is 12.6. The Labute approximate surface area is 324 Å². The molecule has 0 spiro atoms. The second kappa shape index (κ2) is 35.2. The van der Waals surface area contributed by atoms with Crippen molar-refractivity contribution < 1.29 is 29.9 Å². The predicted molar refractivity (Wildman–Crippen MR) is 221 cm³/mol. The van der Waals surface area contributed by atoms with E-state index in [1.165, 1.54) is 167 Å². The van der Waals surface area contributed by atoms with E-state index in [-0.39, 0.29) is 0 Å². The van der Waals surface area contributed by atoms with E-state index < -0.39 is 36.3 Å². The van der Waals surface area contributed by atoms with Crippen LogP contribution in [0.5, 0.6) is 0 Å². The highest BCUT2D eigenvalue weighted by Crippen LogP contribution is 2.37. The minimum Gasteiger partial charge on any atom is -0.390 e. The molecule has 0 aliphatic carbocycles. The monoisotopic (exact) mass is 741 g/mol. The Morgan fingerprint density at radius 3 is 1.17 bits per heavy atom. The molecule has 6 nitrogen and oxygen atoms in total. The topological polar surface area (TPSA) is 99.4 Å². The molecule has 0 saturated carbocycles. The number of hydrogen-bond acceptors (Lipinski definition) is 6. The fraction of sp³-hybridized carbons (Fsp3) is 1.00. The average Bonchev–Trinajstić information content (AvgIpc) is 3.14. The molecule has 1 rings (SSSR count). The molecule has 312 valence electrons. The highest BCUT2D eigenvalue weighted by Gasteiger charge is 2.56. The smallest absolute Gasteiger partial charge is 0.189 e. The second-order valence-electron chi connectivity index (χ2n) is 16.8. The van der Waals surface area contributed by atoms with Gasteiger partial charge in [-0.1, -0.05) is 233 Å². The average molecular weight is 741 g/mol. The van der Waals surface area contributed by atoms with Crippen molar-refractivity contribution in [1.82, 2.24) is 0 Å². The minimum atomic E-state index is -1.69. The van der Waals surface area contributed by atoms with Gasteiger partial charge in [-0.25, -0.2) is 0 Å². The van der Waals surface area contributed by atoms with Crippen LogP contribution in [0.15, 0.2) is 0 Å². The van der Waals surface area contributed by atoms with Crippen molar-refractivity contribution in [3.8, 4) is 0 Å². The Kier molecular flexibility index (Phi) is 33.7. The van der Waals surface area contributed by atoms with Crippen molar-refractivity contribution >= 4 is 0 Å². The number of hydrogen-bond donors (Lipinski definition) is 4. The molecule has 0 bridgehead atoms. The Morgan fingerprint density at radius 2 is 0.808 bits per heavy atom. The largest absolute Gasteiger partial charge is 0.390 e. The first-order valence-corrected chi connectivity index (χ1v) is 23.5. The van der Waals surface area contributed by atoms with Gasteiger partial charge >= 0.3 is 0 Å². The van der Waals surface area contributed by atoms with Crippen LogP contribution in [0.25, 0.3) is 0 Å². The van der Waals surface area contributed by atoms with Gasteiger partial charge < -0.3 is 29.9 Å². The Bertz CT molecular complexity index is 734. The van der Waals surface area contributed by atoms with Crippen molar-refractivity contribution in [2.24, 2.45) is 0 Å². The van der Waals surface area contributed by atoms with Crippen LogP contribution in [-0.4, -0.2) is 63.3 Å². The maximum Gasteiger partial charge on any atom is 0.189 e. The molecule has 0 aromatic heterocycles. The maximum atomic E-state index is 11.7. The maximum absolute atomic E-state index is 11.7. The van der Waals surface area contributed by atoms with Crippen LogP contribution in [0.3, 0.4) is 0 Å². The summed E-state index contributed by atoms with van der Waals surface area (Å²) >= 11 is 0. The lowest BCUT2D eigenvalue weighted by atomic mass is 9.80. The van der Waals surface area contributed by atoms with Gasteiger partial charge in [0.15, 0.2) is 6.29 Å². The number of aliphatic hydroxyl groups is 4. The summed E-state index contributed by atoms with van der Waals surface area (Å²) in [5.74, 6) is 0. The zero-order chi connectivity index (χ0) is 38.0. The van der Waals surface area contributed by atoms with Gasteiger partial charge in [-0.15, -0.1) is 0 Å². The van der Waals surface area contributed by atoms with E-state index in [0.717, 1.165) is 51.4 Å². The van der Waals surface area contributed by atoms with Crippen LogP contribution in [-0.2, 0) is 9.47 Å². The summed E-state index contributed by atoms with van der Waals surface area (Å²) in [6.45, 7) is 7.04. The molecule has 4 N–H and O–H groups in total. The fourth-order valence-corrected chi connectivity index (χ4v) is 8.08. The molecule has 1 unspecified atom stereocenters. The number of unbranched alkanes of at least 4 members (excludes halogenated alkanes) is 31. The van der Waals surface area contributed by atoms with E-state index in [9.17, 15) is 20.4 Å². The minimum absolute atomic E-state index is 0.308. The molecular weight excluding hydrogens is 649 g/mol. The Hall–Kier alpha value is -0.240. The Morgan fingerprint density at radius 1 is 0.481 bits per heavy atom. The van der Waals surface area contributed by atoms with E-state index >= 15 is 0 Å². The van der Waals surface area contributed by atoms with E-state index in [4.69, 9.17) is 9.47 Å². The van der Waals surface area contributed by atoms with Gasteiger partial charge in [0.2, 0.25) is 0 Å². The van der Waals surface area contributed by atoms with Crippen LogP contribution >= 0.6 is 0 Å². The normalized spacial score (nSPS) is 22.7. The highest BCUT2D eigenvalue weighted by molar-refractivity contribution is 5.02. The van der Waals surface area contributed by atoms with E-state index in [1.807, 2.05) is 0 Å². The summed E-state index contributed by atoms with van der Waals surface area (Å²) in [6, 6.07) is 0. The molecule has 0 radical (unpaired) electrons. The first kappa shape index (κ1) is 49.8. The number of aliphatic hydroxyl groups excluding tert-OH is 3. The molecule has 0 aromatic carbocycles. The lowest BCUT2D eigenvalue weighted by Gasteiger charge is -2.49. The molecule has 0 aromatic rings. The van der Waals surface area contributed by atoms with Crippen molar-refractivity contribution in [1.29, 1.82) is 0 Å². The van der Waals surface area contributed by atoms with Crippen LogP contribution in [0, 0.1) is 0 Å². The summed E-state index contributed by atoms with van der Waals surface area (Å²) < 4.78 is 12.1. The third-order valence-electron chi connectivity index (χ3n) is 11.8. The molecule has 1 aliphatic rings. The fourth-order valence-electron chi connectivity index (χ4n) is 8.08. The second-order valence-corrected chi connectivity index (χ2v) is 16.8. The van der Waals surface area contributed by atoms with E-state index in [2.05, 4.69) is 20.8 Å². The standard InChI is InChI=1S/C46H92O6/c1-4-7-10-12-14-16-18-20-22-24-26-28-30-32-34-36-38-41(47)43-42(48)44(49)46(50,45(52-43)51-40-9-6-3)39-37-35-33-31-29-27-25-23-21-19-17-15-13-11-8-5-2/h41-45,47-50H,4-40H2,1-3H3/t41?,42-,43-,44+,45+,46-/m1/s1. The lowest BCUT2D eigenvalue weighted by molar-refractivity contribution is -0.350. The summed E-state index contributed by atoms with van der Waals surface area (Å²) in [5.41, 5.74) is -1.69. The van der Waals surface area contributed by atoms with Gasteiger partial charge in [-0.3, -0.25) is 0 Å². The van der Waals surface area contributed by atoms with Crippen LogP contribution in [0.4, 0.5) is 0 Å². The Balaban J connectivity index is 2.24. The molecule has 6 heteroatoms. The third-order valence-corrected chi connectivity index (χ3v) is 11.8. The number of rotatable bonds is 39. The van der Waals surface area contributed by atoms with E-state index in [1.54, 1.807) is 0 Å². The van der Waals surface area contributed by atoms with Gasteiger partial charge in [0.25, 0.3) is 0 Å². The summed E-state index contributed by atoms with van der Waals surface area (Å²) in [6.07, 6.45) is 38.0. The molecular formula is C46H92O6. The molecule has 6 atom stereocenters. The van der Waals surface area contributed by atoms with Crippen molar-refractivity contribution in [2.45, 2.75) is 288 Å². The van der Waals surface area contributed by atoms with Gasteiger partial charge in [-0.05, 0) is 19.3 Å². The van der Waals surface area contributed by atoms with Gasteiger partial charge in [0.1, 0.15) is 23.9 Å². The lowest BCUT2D eigenvalue weighted by Crippen LogP contribution is -2.68. The van der Waals surface area contributed by atoms with Gasteiger partial charge in [-0.2, -0.15) is 0 Å². The molecule has 0 amide bonds. The van der Waals surface area contributed by atoms with E-state index in [0.29, 0.717) is 19.4 Å². The molecule has 1 heterocycles. The highest BCUT2D eigenvalue weighted by atomic mass is 16.7. The molecule has 1 saturated heterocycles. The van der Waals surface area contributed by atoms with Crippen molar-refractivity contribution in [3.63, 3.8) is 0 Å². The summed E-state index contributed by atoms with van der Waals surface area (Å²) in [4.78, 5) is 0. The van der Waals surface area contributed by atoms with Crippen LogP contribution in [0.2, 0.25) is 0 Å².